The van der Waals surface area contributed by atoms with Gasteiger partial charge in [-0.2, -0.15) is 0 Å². The molecule has 0 unspecified atom stereocenters. The predicted molar refractivity (Wildman–Crippen MR) is 107 cm³/mol. The summed E-state index contributed by atoms with van der Waals surface area (Å²) in [5, 5.41) is 6.08. The molecule has 0 aliphatic carbocycles. The molecule has 7 nitrogen and oxygen atoms in total. The van der Waals surface area contributed by atoms with Crippen molar-refractivity contribution in [1.82, 2.24) is 15.3 Å². The third-order valence-corrected chi connectivity index (χ3v) is 4.32. The highest BCUT2D eigenvalue weighted by atomic mass is 16.5. The molecule has 1 fully saturated rings. The van der Waals surface area contributed by atoms with Crippen LogP contribution in [0.3, 0.4) is 0 Å². The van der Waals surface area contributed by atoms with Crippen LogP contribution in [-0.2, 0) is 9.53 Å². The van der Waals surface area contributed by atoms with Crippen LogP contribution in [0.25, 0.3) is 6.08 Å². The maximum atomic E-state index is 11.9. The number of nitrogens with zero attached hydrogens (tertiary/aromatic N) is 3. The maximum Gasteiger partial charge on any atom is 0.244 e. The number of nitrogens with one attached hydrogen (secondary N) is 2. The van der Waals surface area contributed by atoms with E-state index in [2.05, 4.69) is 25.5 Å². The minimum Gasteiger partial charge on any atom is -0.378 e. The summed E-state index contributed by atoms with van der Waals surface area (Å²) in [7, 11) is 0. The van der Waals surface area contributed by atoms with Gasteiger partial charge in [-0.05, 0) is 24.1 Å². The van der Waals surface area contributed by atoms with Crippen LogP contribution >= 0.6 is 0 Å². The summed E-state index contributed by atoms with van der Waals surface area (Å²) in [4.78, 5) is 22.7. The summed E-state index contributed by atoms with van der Waals surface area (Å²) in [5.74, 6) is 1.52. The van der Waals surface area contributed by atoms with Gasteiger partial charge in [0.1, 0.15) is 18.0 Å². The quantitative estimate of drug-likeness (QED) is 0.574. The zero-order valence-corrected chi connectivity index (χ0v) is 15.5. The van der Waals surface area contributed by atoms with Gasteiger partial charge in [-0.15, -0.1) is 0 Å². The Bertz CT molecular complexity index is 787. The van der Waals surface area contributed by atoms with Crippen molar-refractivity contribution in [2.24, 2.45) is 0 Å². The Kier molecular flexibility index (Phi) is 6.76. The molecular formula is C20H25N5O2. The smallest absolute Gasteiger partial charge is 0.244 e. The summed E-state index contributed by atoms with van der Waals surface area (Å²) in [6, 6.07) is 9.87. The van der Waals surface area contributed by atoms with Crippen LogP contribution in [0.4, 0.5) is 11.6 Å². The van der Waals surface area contributed by atoms with E-state index in [0.717, 1.165) is 49.1 Å². The van der Waals surface area contributed by atoms with E-state index in [1.807, 2.05) is 43.3 Å². The lowest BCUT2D eigenvalue weighted by atomic mass is 10.1. The van der Waals surface area contributed by atoms with E-state index in [1.165, 1.54) is 0 Å². The summed E-state index contributed by atoms with van der Waals surface area (Å²) in [5.41, 5.74) is 2.19. The number of hydrogen-bond donors (Lipinski definition) is 2. The highest BCUT2D eigenvalue weighted by Gasteiger charge is 2.12. The molecule has 7 heteroatoms. The van der Waals surface area contributed by atoms with Crippen molar-refractivity contribution in [2.45, 2.75) is 6.92 Å². The molecule has 0 atom stereocenters. The Morgan fingerprint density at radius 3 is 2.85 bits per heavy atom. The van der Waals surface area contributed by atoms with Crippen LogP contribution in [0.5, 0.6) is 0 Å². The van der Waals surface area contributed by atoms with Crippen molar-refractivity contribution in [3.05, 3.63) is 53.9 Å². The van der Waals surface area contributed by atoms with E-state index in [-0.39, 0.29) is 5.91 Å². The Morgan fingerprint density at radius 2 is 2.04 bits per heavy atom. The molecule has 0 spiro atoms. The molecule has 142 valence electrons. The van der Waals surface area contributed by atoms with Crippen LogP contribution in [0.2, 0.25) is 0 Å². The summed E-state index contributed by atoms with van der Waals surface area (Å²) < 4.78 is 5.36. The van der Waals surface area contributed by atoms with Crippen LogP contribution in [0.15, 0.2) is 42.7 Å². The van der Waals surface area contributed by atoms with E-state index < -0.39 is 0 Å². The van der Waals surface area contributed by atoms with Gasteiger partial charge in [0.2, 0.25) is 5.91 Å². The van der Waals surface area contributed by atoms with Crippen molar-refractivity contribution >= 4 is 23.6 Å². The van der Waals surface area contributed by atoms with Gasteiger partial charge in [0.05, 0.1) is 13.2 Å². The molecule has 0 bridgehead atoms. The molecule has 1 aliphatic heterocycles. The Labute approximate surface area is 159 Å². The van der Waals surface area contributed by atoms with E-state index in [1.54, 1.807) is 12.4 Å². The average molecular weight is 367 g/mol. The van der Waals surface area contributed by atoms with Gasteiger partial charge < -0.3 is 20.3 Å². The topological polar surface area (TPSA) is 79.4 Å². The fourth-order valence-electron chi connectivity index (χ4n) is 2.78. The number of rotatable bonds is 7. The monoisotopic (exact) mass is 367 g/mol. The molecule has 0 radical (unpaired) electrons. The Morgan fingerprint density at radius 1 is 1.22 bits per heavy atom. The molecule has 1 aromatic carbocycles. The highest BCUT2D eigenvalue weighted by Crippen LogP contribution is 2.15. The molecule has 2 aromatic rings. The van der Waals surface area contributed by atoms with Gasteiger partial charge >= 0.3 is 0 Å². The zero-order chi connectivity index (χ0) is 18.9. The van der Waals surface area contributed by atoms with Crippen LogP contribution < -0.4 is 15.5 Å². The molecule has 27 heavy (non-hydrogen) atoms. The molecule has 2 N–H and O–H groups in total. The molecule has 1 saturated heterocycles. The zero-order valence-electron chi connectivity index (χ0n) is 15.5. The van der Waals surface area contributed by atoms with Crippen molar-refractivity contribution in [3.63, 3.8) is 0 Å². The lowest BCUT2D eigenvalue weighted by Gasteiger charge is -2.27. The second-order valence-corrected chi connectivity index (χ2v) is 6.27. The van der Waals surface area contributed by atoms with E-state index in [0.29, 0.717) is 13.1 Å². The van der Waals surface area contributed by atoms with Gasteiger partial charge in [-0.1, -0.05) is 24.3 Å². The number of hydrogen-bond acceptors (Lipinski definition) is 6. The predicted octanol–water partition coefficient (Wildman–Crippen LogP) is 1.86. The van der Waals surface area contributed by atoms with Gasteiger partial charge in [-0.3, -0.25) is 4.79 Å². The highest BCUT2D eigenvalue weighted by molar-refractivity contribution is 5.91. The van der Waals surface area contributed by atoms with Crippen LogP contribution in [0, 0.1) is 6.92 Å². The van der Waals surface area contributed by atoms with Gasteiger partial charge in [-0.25, -0.2) is 9.97 Å². The Hall–Kier alpha value is -2.93. The first kappa shape index (κ1) is 18.8. The third-order valence-electron chi connectivity index (χ3n) is 4.32. The molecule has 1 amide bonds. The van der Waals surface area contributed by atoms with Crippen molar-refractivity contribution < 1.29 is 9.53 Å². The van der Waals surface area contributed by atoms with Gasteiger partial charge in [0.25, 0.3) is 0 Å². The third kappa shape index (κ3) is 5.79. The SMILES string of the molecule is Cc1ccccc1/C=C/C(=O)NCCNc1cc(N2CCOCC2)ncn1. The first-order valence-corrected chi connectivity index (χ1v) is 9.12. The van der Waals surface area contributed by atoms with Crippen molar-refractivity contribution in [3.8, 4) is 0 Å². The number of aryl methyl sites for hydroxylation is 1. The van der Waals surface area contributed by atoms with E-state index >= 15 is 0 Å². The summed E-state index contributed by atoms with van der Waals surface area (Å²) in [6.45, 7) is 6.22. The van der Waals surface area contributed by atoms with E-state index in [9.17, 15) is 4.79 Å². The fraction of sp³-hybridized carbons (Fsp3) is 0.350. The number of aromatic nitrogens is 2. The Balaban J connectivity index is 1.42. The van der Waals surface area contributed by atoms with Crippen molar-refractivity contribution in [2.75, 3.05) is 49.6 Å². The number of morpholine rings is 1. The largest absolute Gasteiger partial charge is 0.378 e. The number of benzene rings is 1. The molecule has 2 heterocycles. The number of amides is 1. The summed E-state index contributed by atoms with van der Waals surface area (Å²) >= 11 is 0. The lowest BCUT2D eigenvalue weighted by molar-refractivity contribution is -0.116. The number of ether oxygens (including phenoxy) is 1. The lowest BCUT2D eigenvalue weighted by Crippen LogP contribution is -2.36. The molecule has 3 rings (SSSR count). The van der Waals surface area contributed by atoms with Crippen LogP contribution in [0.1, 0.15) is 11.1 Å². The first-order valence-electron chi connectivity index (χ1n) is 9.12. The van der Waals surface area contributed by atoms with Crippen LogP contribution in [-0.4, -0.2) is 55.3 Å². The first-order chi connectivity index (χ1) is 13.2. The average Bonchev–Trinajstić information content (AvgIpc) is 2.71. The second kappa shape index (κ2) is 9.68. The molecule has 1 aromatic heterocycles. The second-order valence-electron chi connectivity index (χ2n) is 6.27. The normalized spacial score (nSPS) is 14.3. The molecule has 1 aliphatic rings. The van der Waals surface area contributed by atoms with Gasteiger partial charge in [0, 0.05) is 38.3 Å². The minimum absolute atomic E-state index is 0.114. The number of anilines is 2. The maximum absolute atomic E-state index is 11.9. The van der Waals surface area contributed by atoms with E-state index in [4.69, 9.17) is 4.74 Å². The summed E-state index contributed by atoms with van der Waals surface area (Å²) in [6.07, 6.45) is 4.94. The van der Waals surface area contributed by atoms with Crippen molar-refractivity contribution in [1.29, 1.82) is 0 Å². The number of carbonyl (C=O) groups excluding carboxylic acids is 1. The molecule has 0 saturated carbocycles. The minimum atomic E-state index is -0.114. The van der Waals surface area contributed by atoms with Gasteiger partial charge in [0.15, 0.2) is 0 Å². The number of carbonyl (C=O) groups is 1. The molecular weight excluding hydrogens is 342 g/mol. The fourth-order valence-corrected chi connectivity index (χ4v) is 2.78. The standard InChI is InChI=1S/C20H25N5O2/c1-16-4-2-3-5-17(16)6-7-20(26)22-9-8-21-18-14-19(24-15-23-18)25-10-12-27-13-11-25/h2-7,14-15H,8-13H2,1H3,(H,22,26)(H,21,23,24)/b7-6+.